The molecule has 0 saturated carbocycles. The lowest BCUT2D eigenvalue weighted by Crippen LogP contribution is -2.41. The third-order valence-electron chi connectivity index (χ3n) is 7.32. The number of carbonyl (C=O) groups is 1. The highest BCUT2D eigenvalue weighted by atomic mass is 19.1. The largest absolute Gasteiger partial charge is 0.460 e. The number of aryl methyl sites for hydroxylation is 1. The SMILES string of the molecule is COCC(=O)O[C@@H]1Cc2cc(F)ccc2[C@H](C(C)C)[C@@H]1CCN(C)CCCc1nc2ccccc2[nH]1. The van der Waals surface area contributed by atoms with Gasteiger partial charge in [-0.3, -0.25) is 0 Å². The van der Waals surface area contributed by atoms with Crippen molar-refractivity contribution >= 4 is 17.0 Å². The summed E-state index contributed by atoms with van der Waals surface area (Å²) in [5, 5.41) is 0. The summed E-state index contributed by atoms with van der Waals surface area (Å²) in [6, 6.07) is 13.2. The first kappa shape index (κ1) is 26.3. The Hall–Kier alpha value is -2.77. The smallest absolute Gasteiger partial charge is 0.332 e. The van der Waals surface area contributed by atoms with Crippen LogP contribution in [0.5, 0.6) is 0 Å². The van der Waals surface area contributed by atoms with E-state index in [1.807, 2.05) is 24.3 Å². The topological polar surface area (TPSA) is 67.5 Å². The van der Waals surface area contributed by atoms with Crippen LogP contribution in [-0.4, -0.2) is 60.8 Å². The molecule has 3 aromatic rings. The maximum Gasteiger partial charge on any atom is 0.332 e. The number of hydrogen-bond acceptors (Lipinski definition) is 5. The number of nitrogens with zero attached hydrogens (tertiary/aromatic N) is 2. The molecule has 0 radical (unpaired) electrons. The van der Waals surface area contributed by atoms with Crippen LogP contribution in [-0.2, 0) is 27.1 Å². The number of aromatic nitrogens is 2. The van der Waals surface area contributed by atoms with Crippen LogP contribution in [0, 0.1) is 17.7 Å². The van der Waals surface area contributed by atoms with Crippen LogP contribution in [0.4, 0.5) is 4.39 Å². The highest BCUT2D eigenvalue weighted by Crippen LogP contribution is 2.44. The number of methoxy groups -OCH3 is 1. The van der Waals surface area contributed by atoms with Gasteiger partial charge in [-0.1, -0.05) is 32.0 Å². The number of benzene rings is 2. The number of esters is 1. The third-order valence-corrected chi connectivity index (χ3v) is 7.32. The fourth-order valence-corrected chi connectivity index (χ4v) is 5.70. The van der Waals surface area contributed by atoms with Crippen molar-refractivity contribution < 1.29 is 18.7 Å². The fourth-order valence-electron chi connectivity index (χ4n) is 5.70. The van der Waals surface area contributed by atoms with Crippen LogP contribution >= 0.6 is 0 Å². The molecule has 0 amide bonds. The van der Waals surface area contributed by atoms with E-state index in [-0.39, 0.29) is 36.3 Å². The van der Waals surface area contributed by atoms with Gasteiger partial charge in [0, 0.05) is 25.9 Å². The van der Waals surface area contributed by atoms with Gasteiger partial charge in [-0.2, -0.15) is 0 Å². The van der Waals surface area contributed by atoms with E-state index >= 15 is 0 Å². The Kier molecular flexibility index (Phi) is 8.75. The second-order valence-electron chi connectivity index (χ2n) is 10.3. The zero-order chi connectivity index (χ0) is 25.7. The first-order valence-electron chi connectivity index (χ1n) is 12.9. The molecule has 1 aromatic heterocycles. The van der Waals surface area contributed by atoms with E-state index < -0.39 is 0 Å². The average molecular weight is 496 g/mol. The number of imidazole rings is 1. The Morgan fingerprint density at radius 2 is 2.03 bits per heavy atom. The van der Waals surface area contributed by atoms with Gasteiger partial charge in [-0.15, -0.1) is 0 Å². The minimum Gasteiger partial charge on any atom is -0.460 e. The van der Waals surface area contributed by atoms with Gasteiger partial charge in [0.25, 0.3) is 0 Å². The molecule has 0 bridgehead atoms. The number of halogens is 1. The maximum absolute atomic E-state index is 14.0. The van der Waals surface area contributed by atoms with Crippen LogP contribution in [0.15, 0.2) is 42.5 Å². The number of rotatable bonds is 11. The second-order valence-corrected chi connectivity index (χ2v) is 10.3. The third kappa shape index (κ3) is 6.31. The summed E-state index contributed by atoms with van der Waals surface area (Å²) >= 11 is 0. The zero-order valence-electron chi connectivity index (χ0n) is 21.8. The number of hydrogen-bond donors (Lipinski definition) is 1. The van der Waals surface area contributed by atoms with Crippen LogP contribution < -0.4 is 0 Å². The summed E-state index contributed by atoms with van der Waals surface area (Å²) < 4.78 is 24.9. The summed E-state index contributed by atoms with van der Waals surface area (Å²) in [6.45, 7) is 6.16. The molecule has 1 N–H and O–H groups in total. The summed E-state index contributed by atoms with van der Waals surface area (Å²) in [4.78, 5) is 22.8. The molecule has 1 aliphatic carbocycles. The predicted molar refractivity (Wildman–Crippen MR) is 139 cm³/mol. The predicted octanol–water partition coefficient (Wildman–Crippen LogP) is 5.13. The van der Waals surface area contributed by atoms with Crippen molar-refractivity contribution in [3.05, 3.63) is 65.2 Å². The molecule has 0 unspecified atom stereocenters. The molecule has 6 nitrogen and oxygen atoms in total. The van der Waals surface area contributed by atoms with Crippen molar-refractivity contribution in [2.45, 2.75) is 51.6 Å². The van der Waals surface area contributed by atoms with Crippen molar-refractivity contribution in [2.24, 2.45) is 11.8 Å². The number of para-hydroxylation sites is 2. The summed E-state index contributed by atoms with van der Waals surface area (Å²) in [6.07, 6.45) is 3.03. The zero-order valence-corrected chi connectivity index (χ0v) is 21.8. The Morgan fingerprint density at radius 1 is 1.22 bits per heavy atom. The molecule has 1 aliphatic rings. The molecule has 3 atom stereocenters. The Bertz CT molecular complexity index is 1130. The standard InChI is InChI=1S/C29H38FN3O3/c1-19(2)29-22-12-11-21(30)16-20(22)17-26(36-28(34)18-35-4)23(29)13-15-33(3)14-7-10-27-31-24-8-5-6-9-25(24)32-27/h5-6,8-9,11-12,16,19,23,26,29H,7,10,13-15,17-18H2,1-4H3,(H,31,32)/t23-,26-,29+/m1/s1. The van der Waals surface area contributed by atoms with E-state index in [1.165, 1.54) is 12.7 Å². The minimum atomic E-state index is -0.367. The normalized spacial score (nSPS) is 19.7. The van der Waals surface area contributed by atoms with E-state index in [1.54, 1.807) is 12.1 Å². The number of H-pyrrole nitrogens is 1. The highest BCUT2D eigenvalue weighted by Gasteiger charge is 2.40. The van der Waals surface area contributed by atoms with Crippen molar-refractivity contribution in [2.75, 3.05) is 33.9 Å². The van der Waals surface area contributed by atoms with Gasteiger partial charge in [0.1, 0.15) is 24.4 Å². The summed E-state index contributed by atoms with van der Waals surface area (Å²) in [7, 11) is 3.63. The van der Waals surface area contributed by atoms with Crippen LogP contribution in [0.2, 0.25) is 0 Å². The van der Waals surface area contributed by atoms with E-state index in [0.717, 1.165) is 54.8 Å². The maximum atomic E-state index is 14.0. The van der Waals surface area contributed by atoms with Crippen LogP contribution in [0.25, 0.3) is 11.0 Å². The average Bonchev–Trinajstić information content (AvgIpc) is 3.25. The van der Waals surface area contributed by atoms with Gasteiger partial charge in [-0.25, -0.2) is 14.2 Å². The molecular formula is C29H38FN3O3. The van der Waals surface area contributed by atoms with Gasteiger partial charge in [-0.05, 0) is 80.2 Å². The molecule has 1 heterocycles. The fraction of sp³-hybridized carbons (Fsp3) is 0.517. The van der Waals surface area contributed by atoms with Gasteiger partial charge < -0.3 is 19.4 Å². The van der Waals surface area contributed by atoms with Crippen molar-refractivity contribution in [1.29, 1.82) is 0 Å². The molecule has 7 heteroatoms. The Balaban J connectivity index is 1.40. The van der Waals surface area contributed by atoms with Crippen molar-refractivity contribution in [1.82, 2.24) is 14.9 Å². The molecule has 0 spiro atoms. The number of carbonyl (C=O) groups excluding carboxylic acids is 1. The highest BCUT2D eigenvalue weighted by molar-refractivity contribution is 5.74. The van der Waals surface area contributed by atoms with E-state index in [4.69, 9.17) is 9.47 Å². The summed E-state index contributed by atoms with van der Waals surface area (Å²) in [5.74, 6) is 1.09. The molecule has 0 fully saturated rings. The first-order valence-corrected chi connectivity index (χ1v) is 12.9. The van der Waals surface area contributed by atoms with E-state index in [0.29, 0.717) is 12.3 Å². The lowest BCUT2D eigenvalue weighted by Gasteiger charge is -2.42. The Morgan fingerprint density at radius 3 is 2.78 bits per heavy atom. The number of aromatic amines is 1. The van der Waals surface area contributed by atoms with Gasteiger partial charge in [0.15, 0.2) is 0 Å². The molecule has 0 aliphatic heterocycles. The van der Waals surface area contributed by atoms with Crippen molar-refractivity contribution in [3.63, 3.8) is 0 Å². The molecule has 2 aromatic carbocycles. The molecular weight excluding hydrogens is 457 g/mol. The lowest BCUT2D eigenvalue weighted by atomic mass is 9.67. The van der Waals surface area contributed by atoms with Crippen LogP contribution in [0.3, 0.4) is 0 Å². The van der Waals surface area contributed by atoms with Crippen molar-refractivity contribution in [3.8, 4) is 0 Å². The number of fused-ring (bicyclic) bond motifs is 2. The minimum absolute atomic E-state index is 0.0761. The van der Waals surface area contributed by atoms with E-state index in [9.17, 15) is 9.18 Å². The van der Waals surface area contributed by atoms with E-state index in [2.05, 4.69) is 41.8 Å². The Labute approximate surface area is 213 Å². The quantitative estimate of drug-likeness (QED) is 0.374. The molecule has 36 heavy (non-hydrogen) atoms. The number of ether oxygens (including phenoxy) is 2. The van der Waals surface area contributed by atoms with Gasteiger partial charge in [0.05, 0.1) is 11.0 Å². The first-order chi connectivity index (χ1) is 17.4. The van der Waals surface area contributed by atoms with Gasteiger partial charge in [0.2, 0.25) is 0 Å². The summed E-state index contributed by atoms with van der Waals surface area (Å²) in [5.41, 5.74) is 4.21. The molecule has 4 rings (SSSR count). The number of nitrogens with one attached hydrogen (secondary N) is 1. The molecule has 194 valence electrons. The second kappa shape index (κ2) is 12.0. The monoisotopic (exact) mass is 495 g/mol. The van der Waals surface area contributed by atoms with Crippen LogP contribution in [0.1, 0.15) is 49.6 Å². The molecule has 0 saturated heterocycles. The lowest BCUT2D eigenvalue weighted by molar-refractivity contribution is -0.157. The van der Waals surface area contributed by atoms with Gasteiger partial charge >= 0.3 is 5.97 Å².